The maximum absolute atomic E-state index is 13.5. The van der Waals surface area contributed by atoms with Crippen molar-refractivity contribution in [1.82, 2.24) is 9.80 Å². The van der Waals surface area contributed by atoms with E-state index < -0.39 is 0 Å². The van der Waals surface area contributed by atoms with Gasteiger partial charge in [0.1, 0.15) is 6.61 Å². The van der Waals surface area contributed by atoms with Gasteiger partial charge < -0.3 is 14.4 Å². The van der Waals surface area contributed by atoms with Crippen LogP contribution in [0.25, 0.3) is 0 Å². The quantitative estimate of drug-likeness (QED) is 0.484. The molecule has 2 heterocycles. The maximum atomic E-state index is 13.5. The molecule has 2 unspecified atom stereocenters. The minimum atomic E-state index is 0.176. The lowest BCUT2D eigenvalue weighted by atomic mass is 9.65. The van der Waals surface area contributed by atoms with Gasteiger partial charge in [-0.3, -0.25) is 9.69 Å². The molecule has 5 rings (SSSR count). The number of amides is 1. The third-order valence-electron chi connectivity index (χ3n) is 8.51. The highest BCUT2D eigenvalue weighted by molar-refractivity contribution is 5.79. The number of hydrogen-bond donors (Lipinski definition) is 0. The van der Waals surface area contributed by atoms with Gasteiger partial charge in [-0.25, -0.2) is 0 Å². The first-order chi connectivity index (χ1) is 17.2. The summed E-state index contributed by atoms with van der Waals surface area (Å²) in [5.41, 5.74) is 3.00. The van der Waals surface area contributed by atoms with Gasteiger partial charge in [0.25, 0.3) is 0 Å². The minimum Gasteiger partial charge on any atom is -0.493 e. The van der Waals surface area contributed by atoms with E-state index in [0.717, 1.165) is 62.5 Å². The first-order valence-corrected chi connectivity index (χ1v) is 13.6. The fourth-order valence-electron chi connectivity index (χ4n) is 7.21. The van der Waals surface area contributed by atoms with Crippen molar-refractivity contribution >= 4 is 5.91 Å². The van der Waals surface area contributed by atoms with E-state index >= 15 is 0 Å². The summed E-state index contributed by atoms with van der Waals surface area (Å²) < 4.78 is 11.6. The van der Waals surface area contributed by atoms with Crippen LogP contribution in [0.2, 0.25) is 0 Å². The summed E-state index contributed by atoms with van der Waals surface area (Å²) in [4.78, 5) is 18.3. The van der Waals surface area contributed by atoms with E-state index in [4.69, 9.17) is 9.47 Å². The van der Waals surface area contributed by atoms with Crippen molar-refractivity contribution in [3.05, 3.63) is 59.7 Å². The van der Waals surface area contributed by atoms with Crippen molar-refractivity contribution in [1.29, 1.82) is 0 Å². The van der Waals surface area contributed by atoms with E-state index in [1.54, 1.807) is 7.11 Å². The van der Waals surface area contributed by atoms with Gasteiger partial charge in [-0.2, -0.15) is 0 Å². The second-order valence-corrected chi connectivity index (χ2v) is 12.5. The highest BCUT2D eigenvalue weighted by Crippen LogP contribution is 2.53. The van der Waals surface area contributed by atoms with Gasteiger partial charge in [-0.15, -0.1) is 0 Å². The molecule has 1 aliphatic carbocycles. The lowest BCUT2D eigenvalue weighted by molar-refractivity contribution is -0.138. The lowest BCUT2D eigenvalue weighted by Crippen LogP contribution is -2.44. The zero-order chi connectivity index (χ0) is 25.3. The van der Waals surface area contributed by atoms with Gasteiger partial charge in [0.05, 0.1) is 7.11 Å². The summed E-state index contributed by atoms with van der Waals surface area (Å²) in [5.74, 6) is 2.13. The van der Waals surface area contributed by atoms with Crippen LogP contribution in [0.1, 0.15) is 64.0 Å². The molecule has 2 saturated heterocycles. The van der Waals surface area contributed by atoms with Crippen molar-refractivity contribution in [3.63, 3.8) is 0 Å². The van der Waals surface area contributed by atoms with E-state index in [1.165, 1.54) is 18.4 Å². The lowest BCUT2D eigenvalue weighted by Gasteiger charge is -2.40. The highest BCUT2D eigenvalue weighted by atomic mass is 16.5. The Balaban J connectivity index is 1.14. The summed E-state index contributed by atoms with van der Waals surface area (Å²) in [7, 11) is 1.69. The molecule has 5 nitrogen and oxygen atoms in total. The molecule has 0 N–H and O–H groups in total. The molecular weight excluding hydrogens is 448 g/mol. The molecule has 194 valence electrons. The Bertz CT molecular complexity index is 1060. The highest BCUT2D eigenvalue weighted by Gasteiger charge is 2.51. The van der Waals surface area contributed by atoms with Gasteiger partial charge in [0.15, 0.2) is 11.5 Å². The molecule has 36 heavy (non-hydrogen) atoms. The molecule has 0 spiro atoms. The zero-order valence-corrected chi connectivity index (χ0v) is 22.5. The average molecular weight is 491 g/mol. The molecule has 2 atom stereocenters. The first-order valence-electron chi connectivity index (χ1n) is 13.6. The van der Waals surface area contributed by atoms with Crippen LogP contribution in [0.3, 0.4) is 0 Å². The minimum absolute atomic E-state index is 0.176. The number of rotatable bonds is 7. The van der Waals surface area contributed by atoms with E-state index in [2.05, 4.69) is 54.8 Å². The van der Waals surface area contributed by atoms with Crippen molar-refractivity contribution in [3.8, 4) is 11.5 Å². The Morgan fingerprint density at radius 2 is 1.72 bits per heavy atom. The number of carbonyl (C=O) groups is 1. The smallest absolute Gasteiger partial charge is 0.226 e. The number of fused-ring (bicyclic) bond motifs is 2. The van der Waals surface area contributed by atoms with Crippen molar-refractivity contribution in [2.24, 2.45) is 16.7 Å². The fraction of sp³-hybridized carbons (Fsp3) is 0.581. The van der Waals surface area contributed by atoms with Gasteiger partial charge in [0, 0.05) is 25.0 Å². The SMILES string of the molecule is COc1cc(CN2CCC(C(=O)N3CC4(C)CC3CC(C)(C)C4)CC2)ccc1OCc1ccccc1. The molecule has 3 fully saturated rings. The Labute approximate surface area is 216 Å². The summed E-state index contributed by atoms with van der Waals surface area (Å²) in [5, 5.41) is 0. The van der Waals surface area contributed by atoms with E-state index in [0.29, 0.717) is 29.4 Å². The normalized spacial score (nSPS) is 26.1. The van der Waals surface area contributed by atoms with Crippen LogP contribution in [-0.2, 0) is 17.9 Å². The van der Waals surface area contributed by atoms with E-state index in [-0.39, 0.29) is 5.92 Å². The Kier molecular flexibility index (Phi) is 7.04. The van der Waals surface area contributed by atoms with E-state index in [1.807, 2.05) is 24.3 Å². The fourth-order valence-corrected chi connectivity index (χ4v) is 7.21. The van der Waals surface area contributed by atoms with Crippen LogP contribution < -0.4 is 9.47 Å². The largest absolute Gasteiger partial charge is 0.493 e. The number of piperidine rings is 1. The Morgan fingerprint density at radius 1 is 0.972 bits per heavy atom. The van der Waals surface area contributed by atoms with E-state index in [9.17, 15) is 4.79 Å². The molecule has 1 saturated carbocycles. The zero-order valence-electron chi connectivity index (χ0n) is 22.5. The molecular formula is C31H42N2O3. The topological polar surface area (TPSA) is 42.0 Å². The number of hydrogen-bond acceptors (Lipinski definition) is 4. The summed E-state index contributed by atoms with van der Waals surface area (Å²) in [6.45, 7) is 11.4. The van der Waals surface area contributed by atoms with Crippen LogP contribution in [0.5, 0.6) is 11.5 Å². The summed E-state index contributed by atoms with van der Waals surface area (Å²) in [6.07, 6.45) is 5.49. The van der Waals surface area contributed by atoms with Crippen LogP contribution in [0.4, 0.5) is 0 Å². The molecule has 5 heteroatoms. The standard InChI is InChI=1S/C31H42N2O3/c1-30(2)17-26-18-31(3,21-30)22-33(26)29(34)25-12-14-32(15-13-25)19-24-10-11-27(28(16-24)35-4)36-20-23-8-6-5-7-9-23/h5-11,16,25-26H,12-15,17-22H2,1-4H3. The number of carbonyl (C=O) groups excluding carboxylic acids is 1. The number of ether oxygens (including phenoxy) is 2. The second-order valence-electron chi connectivity index (χ2n) is 12.5. The summed E-state index contributed by atoms with van der Waals surface area (Å²) >= 11 is 0. The molecule has 3 aliphatic rings. The van der Waals surface area contributed by atoms with Crippen LogP contribution in [-0.4, -0.2) is 48.5 Å². The monoisotopic (exact) mass is 490 g/mol. The van der Waals surface area contributed by atoms with Crippen LogP contribution >= 0.6 is 0 Å². The molecule has 2 aromatic carbocycles. The summed E-state index contributed by atoms with van der Waals surface area (Å²) in [6, 6.07) is 16.9. The molecule has 2 aromatic rings. The molecule has 1 amide bonds. The van der Waals surface area contributed by atoms with Gasteiger partial charge in [0.2, 0.25) is 5.91 Å². The molecule has 0 radical (unpaired) electrons. The number of methoxy groups -OCH3 is 1. The van der Waals surface area contributed by atoms with Crippen molar-refractivity contribution < 1.29 is 14.3 Å². The number of benzene rings is 2. The van der Waals surface area contributed by atoms with Crippen LogP contribution in [0.15, 0.2) is 48.5 Å². The predicted octanol–water partition coefficient (Wildman–Crippen LogP) is 5.91. The van der Waals surface area contributed by atoms with Gasteiger partial charge >= 0.3 is 0 Å². The predicted molar refractivity (Wildman–Crippen MR) is 143 cm³/mol. The second kappa shape index (κ2) is 10.1. The first kappa shape index (κ1) is 25.1. The Hall–Kier alpha value is -2.53. The number of nitrogens with zero attached hydrogens (tertiary/aromatic N) is 2. The molecule has 0 aromatic heterocycles. The average Bonchev–Trinajstić information content (AvgIpc) is 3.12. The van der Waals surface area contributed by atoms with Gasteiger partial charge in [-0.05, 0) is 79.3 Å². The van der Waals surface area contributed by atoms with Crippen molar-refractivity contribution in [2.45, 2.75) is 72.1 Å². The van der Waals surface area contributed by atoms with Crippen LogP contribution in [0, 0.1) is 16.7 Å². The molecule has 2 bridgehead atoms. The third kappa shape index (κ3) is 5.56. The van der Waals surface area contributed by atoms with Gasteiger partial charge in [-0.1, -0.05) is 57.2 Å². The Morgan fingerprint density at radius 3 is 2.44 bits per heavy atom. The number of likely N-dealkylation sites (tertiary alicyclic amines) is 2. The molecule has 2 aliphatic heterocycles. The maximum Gasteiger partial charge on any atom is 0.226 e. The van der Waals surface area contributed by atoms with Crippen molar-refractivity contribution in [2.75, 3.05) is 26.7 Å². The third-order valence-corrected chi connectivity index (χ3v) is 8.51.